The van der Waals surface area contributed by atoms with Crippen LogP contribution in [0.2, 0.25) is 0 Å². The normalized spacial score (nSPS) is 38.3. The zero-order valence-electron chi connectivity index (χ0n) is 20.7. The van der Waals surface area contributed by atoms with Crippen LogP contribution in [-0.4, -0.2) is 27.9 Å². The Balaban J connectivity index is 1.43. The fourth-order valence-electron chi connectivity index (χ4n) is 7.85. The van der Waals surface area contributed by atoms with Crippen LogP contribution in [0, 0.1) is 38.7 Å². The highest BCUT2D eigenvalue weighted by atomic mass is 16.6. The van der Waals surface area contributed by atoms with Crippen LogP contribution in [0.15, 0.2) is 46.6 Å². The lowest BCUT2D eigenvalue weighted by molar-refractivity contribution is -0.384. The number of fused-ring (bicyclic) bond motifs is 5. The minimum absolute atomic E-state index is 0.00642. The van der Waals surface area contributed by atoms with Gasteiger partial charge in [-0.05, 0) is 91.0 Å². The third-order valence-electron chi connectivity index (χ3n) is 9.61. The molecule has 6 atom stereocenters. The second-order valence-electron chi connectivity index (χ2n) is 11.4. The van der Waals surface area contributed by atoms with Crippen molar-refractivity contribution in [2.45, 2.75) is 71.8 Å². The average Bonchev–Trinajstić information content (AvgIpc) is 3.10. The summed E-state index contributed by atoms with van der Waals surface area (Å²) in [7, 11) is 0. The lowest BCUT2D eigenvalue weighted by Gasteiger charge is -2.57. The molecule has 1 aromatic carbocycles. The molecule has 0 bridgehead atoms. The average molecular weight is 479 g/mol. The lowest BCUT2D eigenvalue weighted by atomic mass is 9.48. The number of nitro groups is 1. The van der Waals surface area contributed by atoms with Crippen LogP contribution in [0.5, 0.6) is 0 Å². The van der Waals surface area contributed by atoms with Gasteiger partial charge < -0.3 is 9.94 Å². The molecule has 0 unspecified atom stereocenters. The number of hydrogen-bond donors (Lipinski definition) is 1. The van der Waals surface area contributed by atoms with Gasteiger partial charge in [0.2, 0.25) is 0 Å². The van der Waals surface area contributed by atoms with Crippen LogP contribution < -0.4 is 0 Å². The van der Waals surface area contributed by atoms with Gasteiger partial charge in [-0.25, -0.2) is 0 Å². The van der Waals surface area contributed by atoms with E-state index < -0.39 is 4.92 Å². The highest BCUT2D eigenvalue weighted by molar-refractivity contribution is 6.09. The van der Waals surface area contributed by atoms with Gasteiger partial charge in [0.15, 0.2) is 0 Å². The molecule has 1 aromatic rings. The zero-order chi connectivity index (χ0) is 25.0. The number of hydrogen-bond acceptors (Lipinski definition) is 6. The number of benzene rings is 1. The third kappa shape index (κ3) is 3.89. The van der Waals surface area contributed by atoms with E-state index in [-0.39, 0.29) is 28.6 Å². The first kappa shape index (κ1) is 23.8. The first-order valence-electron chi connectivity index (χ1n) is 12.7. The predicted octanol–water partition coefficient (Wildman–Crippen LogP) is 6.31. The highest BCUT2D eigenvalue weighted by Gasteiger charge is 2.59. The van der Waals surface area contributed by atoms with Gasteiger partial charge in [0.25, 0.3) is 5.69 Å². The van der Waals surface area contributed by atoms with E-state index in [0.717, 1.165) is 61.8 Å². The first-order valence-corrected chi connectivity index (χ1v) is 12.7. The van der Waals surface area contributed by atoms with E-state index in [0.29, 0.717) is 17.8 Å². The van der Waals surface area contributed by atoms with Crippen molar-refractivity contribution in [1.82, 2.24) is 0 Å². The minimum atomic E-state index is -0.395. The maximum atomic E-state index is 11.5. The van der Waals surface area contributed by atoms with Gasteiger partial charge in [-0.15, -0.1) is 0 Å². The number of esters is 1. The van der Waals surface area contributed by atoms with Gasteiger partial charge in [-0.2, -0.15) is 0 Å². The van der Waals surface area contributed by atoms with Crippen molar-refractivity contribution in [2.75, 3.05) is 0 Å². The Morgan fingerprint density at radius 3 is 2.51 bits per heavy atom. The molecular formula is C28H34N2O5. The Bertz CT molecular complexity index is 1140. The van der Waals surface area contributed by atoms with E-state index in [4.69, 9.17) is 4.74 Å². The van der Waals surface area contributed by atoms with Crippen LogP contribution in [-0.2, 0) is 9.53 Å². The fraction of sp³-hybridized carbons (Fsp3) is 0.571. The predicted molar refractivity (Wildman–Crippen MR) is 133 cm³/mol. The van der Waals surface area contributed by atoms with Crippen molar-refractivity contribution in [1.29, 1.82) is 0 Å². The molecule has 186 valence electrons. The minimum Gasteiger partial charge on any atom is -0.462 e. The van der Waals surface area contributed by atoms with Crippen LogP contribution in [0.4, 0.5) is 5.69 Å². The van der Waals surface area contributed by atoms with Gasteiger partial charge in [-0.3, -0.25) is 14.9 Å². The molecule has 1 N–H and O–H groups in total. The SMILES string of the molecule is CC(=O)O[C@H]1CC[C@@]2(C)C(=CC[C@@H]3[C@@H]2CC[C@]2(C)C(=NO)C(=Cc4ccc([N+](=O)[O-])cc4)C[C@@H]32)C1. The summed E-state index contributed by atoms with van der Waals surface area (Å²) in [6, 6.07) is 6.54. The van der Waals surface area contributed by atoms with Crippen LogP contribution in [0.3, 0.4) is 0 Å². The van der Waals surface area contributed by atoms with E-state index in [1.54, 1.807) is 12.1 Å². The second-order valence-corrected chi connectivity index (χ2v) is 11.4. The second kappa shape index (κ2) is 8.61. The number of nitro benzene ring substituents is 1. The summed E-state index contributed by atoms with van der Waals surface area (Å²) in [5.74, 6) is 1.26. The van der Waals surface area contributed by atoms with Crippen molar-refractivity contribution >= 4 is 23.4 Å². The van der Waals surface area contributed by atoms with Gasteiger partial charge in [0, 0.05) is 30.9 Å². The smallest absolute Gasteiger partial charge is 0.302 e. The number of ether oxygens (including phenoxy) is 1. The molecule has 4 aliphatic rings. The molecule has 7 heteroatoms. The number of non-ortho nitro benzene ring substituents is 1. The molecule has 0 aliphatic heterocycles. The molecule has 35 heavy (non-hydrogen) atoms. The largest absolute Gasteiger partial charge is 0.462 e. The summed E-state index contributed by atoms with van der Waals surface area (Å²) < 4.78 is 5.56. The lowest BCUT2D eigenvalue weighted by Crippen LogP contribution is -2.50. The van der Waals surface area contributed by atoms with Crippen LogP contribution in [0.1, 0.15) is 71.3 Å². The summed E-state index contributed by atoms with van der Waals surface area (Å²) in [5, 5.41) is 24.9. The Labute approximate surface area is 206 Å². The van der Waals surface area contributed by atoms with Crippen molar-refractivity contribution in [3.63, 3.8) is 0 Å². The van der Waals surface area contributed by atoms with Gasteiger partial charge in [0.1, 0.15) is 6.10 Å². The topological polar surface area (TPSA) is 102 Å². The van der Waals surface area contributed by atoms with Crippen molar-refractivity contribution in [2.24, 2.45) is 33.7 Å². The van der Waals surface area contributed by atoms with Crippen LogP contribution >= 0.6 is 0 Å². The monoisotopic (exact) mass is 478 g/mol. The molecule has 3 saturated carbocycles. The Morgan fingerprint density at radius 1 is 1.14 bits per heavy atom. The number of allylic oxidation sites excluding steroid dienone is 2. The number of nitrogens with zero attached hydrogens (tertiary/aromatic N) is 2. The third-order valence-corrected chi connectivity index (χ3v) is 9.61. The van der Waals surface area contributed by atoms with Crippen molar-refractivity contribution in [3.05, 3.63) is 57.2 Å². The summed E-state index contributed by atoms with van der Waals surface area (Å²) >= 11 is 0. The molecule has 0 radical (unpaired) electrons. The summed E-state index contributed by atoms with van der Waals surface area (Å²) in [5.41, 5.74) is 4.16. The summed E-state index contributed by atoms with van der Waals surface area (Å²) in [6.07, 6.45) is 11.2. The number of carbonyl (C=O) groups is 1. The van der Waals surface area contributed by atoms with E-state index >= 15 is 0 Å². The van der Waals surface area contributed by atoms with Crippen LogP contribution in [0.25, 0.3) is 6.08 Å². The maximum Gasteiger partial charge on any atom is 0.302 e. The molecule has 3 fully saturated rings. The van der Waals surface area contributed by atoms with Crippen molar-refractivity contribution in [3.8, 4) is 0 Å². The van der Waals surface area contributed by atoms with E-state index in [1.807, 2.05) is 6.08 Å². The first-order chi connectivity index (χ1) is 16.7. The summed E-state index contributed by atoms with van der Waals surface area (Å²) in [6.45, 7) is 6.15. The van der Waals surface area contributed by atoms with E-state index in [9.17, 15) is 20.1 Å². The van der Waals surface area contributed by atoms with Gasteiger partial charge >= 0.3 is 5.97 Å². The number of carbonyl (C=O) groups excluding carboxylic acids is 1. The van der Waals surface area contributed by atoms with E-state index in [1.165, 1.54) is 24.6 Å². The highest BCUT2D eigenvalue weighted by Crippen LogP contribution is 2.65. The number of rotatable bonds is 3. The molecule has 7 nitrogen and oxygen atoms in total. The quantitative estimate of drug-likeness (QED) is 0.180. The van der Waals surface area contributed by atoms with Gasteiger partial charge in [0.05, 0.1) is 10.6 Å². The Kier molecular flexibility index (Phi) is 5.85. The maximum absolute atomic E-state index is 11.5. The molecule has 0 saturated heterocycles. The Morgan fingerprint density at radius 2 is 1.86 bits per heavy atom. The molecule has 0 amide bonds. The standard InChI is InChI=1S/C28H34N2O5/c1-17(31)35-22-10-12-27(2)20(16-22)6-9-23-24(27)11-13-28(3)25(23)15-19(26(28)29-32)14-18-4-7-21(8-5-18)30(33)34/h4-8,14,22-25,32H,9-13,15-16H2,1-3H3/t22-,23+,24-,25-,27-,28-/m0/s1. The number of oxime groups is 1. The molecular weight excluding hydrogens is 444 g/mol. The summed E-state index contributed by atoms with van der Waals surface area (Å²) in [4.78, 5) is 22.1. The molecule has 0 heterocycles. The molecule has 5 rings (SSSR count). The molecule has 0 aromatic heterocycles. The molecule has 0 spiro atoms. The van der Waals surface area contributed by atoms with E-state index in [2.05, 4.69) is 25.1 Å². The van der Waals surface area contributed by atoms with Crippen molar-refractivity contribution < 1.29 is 19.7 Å². The zero-order valence-corrected chi connectivity index (χ0v) is 20.7. The Hall–Kier alpha value is -2.96. The van der Waals surface area contributed by atoms with Gasteiger partial charge in [-0.1, -0.05) is 30.7 Å². The molecule has 4 aliphatic carbocycles. The fourth-order valence-corrected chi connectivity index (χ4v) is 7.85.